The topological polar surface area (TPSA) is 77.2 Å². The summed E-state index contributed by atoms with van der Waals surface area (Å²) >= 11 is 0. The van der Waals surface area contributed by atoms with Crippen LogP contribution < -0.4 is 10.1 Å². The summed E-state index contributed by atoms with van der Waals surface area (Å²) in [5.74, 6) is 1.74. The molecule has 0 fully saturated rings. The Morgan fingerprint density at radius 3 is 3.00 bits per heavy atom. The summed E-state index contributed by atoms with van der Waals surface area (Å²) in [7, 11) is 0. The van der Waals surface area contributed by atoms with Gasteiger partial charge in [-0.25, -0.2) is 0 Å². The zero-order chi connectivity index (χ0) is 16.7. The van der Waals surface area contributed by atoms with Crippen LogP contribution in [-0.2, 0) is 6.42 Å². The van der Waals surface area contributed by atoms with Crippen LogP contribution in [0.4, 0.5) is 5.82 Å². The van der Waals surface area contributed by atoms with Gasteiger partial charge in [0.1, 0.15) is 17.2 Å². The van der Waals surface area contributed by atoms with Crippen LogP contribution in [0, 0.1) is 0 Å². The Morgan fingerprint density at radius 2 is 2.17 bits per heavy atom. The second-order valence-corrected chi connectivity index (χ2v) is 6.76. The van der Waals surface area contributed by atoms with E-state index in [-0.39, 0.29) is 11.6 Å². The Labute approximate surface area is 140 Å². The molecule has 0 saturated carbocycles. The molecule has 1 N–H and O–H groups in total. The molecule has 0 aliphatic carbocycles. The quantitative estimate of drug-likeness (QED) is 0.795. The molecule has 1 aromatic carbocycles. The predicted octanol–water partition coefficient (Wildman–Crippen LogP) is 2.80. The summed E-state index contributed by atoms with van der Waals surface area (Å²) in [6.45, 7) is 6.39. The fourth-order valence-electron chi connectivity index (χ4n) is 3.17. The second kappa shape index (κ2) is 5.43. The lowest BCUT2D eigenvalue weighted by molar-refractivity contribution is 0.138. The molecule has 0 amide bonds. The van der Waals surface area contributed by atoms with Crippen LogP contribution in [0.1, 0.15) is 44.4 Å². The largest absolute Gasteiger partial charge is 0.487 e. The number of hydrogen-bond donors (Lipinski definition) is 1. The first-order valence-electron chi connectivity index (χ1n) is 8.18. The van der Waals surface area contributed by atoms with Gasteiger partial charge in [-0.05, 0) is 66.1 Å². The summed E-state index contributed by atoms with van der Waals surface area (Å²) < 4.78 is 7.39. The third-order valence-corrected chi connectivity index (χ3v) is 4.29. The van der Waals surface area contributed by atoms with Crippen molar-refractivity contribution >= 4 is 11.5 Å². The third-order valence-electron chi connectivity index (χ3n) is 4.29. The molecule has 3 heterocycles. The molecule has 7 nitrogen and oxygen atoms in total. The molecule has 0 spiro atoms. The normalized spacial score (nSPS) is 16.6. The van der Waals surface area contributed by atoms with Crippen molar-refractivity contribution in [2.24, 2.45) is 0 Å². The van der Waals surface area contributed by atoms with Gasteiger partial charge in [0, 0.05) is 6.42 Å². The number of aromatic nitrogens is 5. The standard InChI is InChI=1S/C17H20N6O/c1-4-13(18-15-7-8-16-19-21-22-23(16)20-15)11-5-6-14-12(9-11)10-17(2,3)24-14/h5-9,13H,4,10H2,1-3H3,(H,18,20). The number of rotatable bonds is 4. The van der Waals surface area contributed by atoms with Gasteiger partial charge >= 0.3 is 0 Å². The van der Waals surface area contributed by atoms with Crippen molar-refractivity contribution in [3.05, 3.63) is 41.5 Å². The average Bonchev–Trinajstić information content (AvgIpc) is 3.13. The summed E-state index contributed by atoms with van der Waals surface area (Å²) in [5, 5.41) is 19.2. The van der Waals surface area contributed by atoms with E-state index in [0.717, 1.165) is 24.4 Å². The maximum Gasteiger partial charge on any atom is 0.200 e. The van der Waals surface area contributed by atoms with Crippen molar-refractivity contribution in [3.8, 4) is 5.75 Å². The molecule has 24 heavy (non-hydrogen) atoms. The summed E-state index contributed by atoms with van der Waals surface area (Å²) in [4.78, 5) is 0. The van der Waals surface area contributed by atoms with Crippen LogP contribution in [0.3, 0.4) is 0 Å². The smallest absolute Gasteiger partial charge is 0.200 e. The van der Waals surface area contributed by atoms with Gasteiger partial charge in [0.25, 0.3) is 0 Å². The minimum atomic E-state index is -0.122. The fraction of sp³-hybridized carbons (Fsp3) is 0.412. The molecule has 0 saturated heterocycles. The monoisotopic (exact) mass is 324 g/mol. The highest BCUT2D eigenvalue weighted by Gasteiger charge is 2.30. The number of hydrogen-bond acceptors (Lipinski definition) is 6. The molecule has 2 aromatic heterocycles. The van der Waals surface area contributed by atoms with E-state index in [1.807, 2.05) is 12.1 Å². The first kappa shape index (κ1) is 14.9. The second-order valence-electron chi connectivity index (χ2n) is 6.76. The number of nitrogens with zero attached hydrogens (tertiary/aromatic N) is 5. The van der Waals surface area contributed by atoms with Gasteiger partial charge in [-0.2, -0.15) is 0 Å². The van der Waals surface area contributed by atoms with E-state index in [1.165, 1.54) is 15.8 Å². The van der Waals surface area contributed by atoms with Crippen molar-refractivity contribution in [1.29, 1.82) is 0 Å². The van der Waals surface area contributed by atoms with Crippen molar-refractivity contribution in [2.75, 3.05) is 5.32 Å². The Morgan fingerprint density at radius 1 is 1.29 bits per heavy atom. The molecule has 1 aliphatic rings. The molecule has 1 unspecified atom stereocenters. The molecule has 3 aromatic rings. The lowest BCUT2D eigenvalue weighted by Gasteiger charge is -2.18. The predicted molar refractivity (Wildman–Crippen MR) is 90.1 cm³/mol. The molecule has 0 bridgehead atoms. The number of ether oxygens (including phenoxy) is 1. The highest BCUT2D eigenvalue weighted by molar-refractivity contribution is 5.47. The molecule has 1 aliphatic heterocycles. The zero-order valence-electron chi connectivity index (χ0n) is 14.0. The van der Waals surface area contributed by atoms with E-state index in [9.17, 15) is 0 Å². The minimum Gasteiger partial charge on any atom is -0.487 e. The number of benzene rings is 1. The Kier molecular flexibility index (Phi) is 3.37. The van der Waals surface area contributed by atoms with Crippen LogP contribution in [0.2, 0.25) is 0 Å². The molecule has 124 valence electrons. The SMILES string of the molecule is CCC(Nc1ccc2nnnn2n1)c1ccc2c(c1)CC(C)(C)O2. The van der Waals surface area contributed by atoms with Crippen molar-refractivity contribution in [3.63, 3.8) is 0 Å². The minimum absolute atomic E-state index is 0.122. The van der Waals surface area contributed by atoms with E-state index >= 15 is 0 Å². The number of fused-ring (bicyclic) bond motifs is 2. The van der Waals surface area contributed by atoms with Gasteiger partial charge in [0.15, 0.2) is 5.65 Å². The highest BCUT2D eigenvalue weighted by atomic mass is 16.5. The van der Waals surface area contributed by atoms with E-state index in [4.69, 9.17) is 4.74 Å². The van der Waals surface area contributed by atoms with E-state index in [1.54, 1.807) is 0 Å². The van der Waals surface area contributed by atoms with Gasteiger partial charge in [-0.15, -0.1) is 14.8 Å². The molecular weight excluding hydrogens is 304 g/mol. The van der Waals surface area contributed by atoms with Crippen LogP contribution in [0.25, 0.3) is 5.65 Å². The number of nitrogens with one attached hydrogen (secondary N) is 1. The Hall–Kier alpha value is -2.70. The van der Waals surface area contributed by atoms with Crippen molar-refractivity contribution in [2.45, 2.75) is 45.3 Å². The lowest BCUT2D eigenvalue weighted by Crippen LogP contribution is -2.24. The van der Waals surface area contributed by atoms with Crippen molar-refractivity contribution < 1.29 is 4.74 Å². The van der Waals surface area contributed by atoms with Crippen LogP contribution in [-0.4, -0.2) is 30.9 Å². The molecule has 1 atom stereocenters. The van der Waals surface area contributed by atoms with E-state index < -0.39 is 0 Å². The van der Waals surface area contributed by atoms with E-state index in [2.05, 4.69) is 64.9 Å². The average molecular weight is 324 g/mol. The first-order valence-corrected chi connectivity index (χ1v) is 8.18. The van der Waals surface area contributed by atoms with Gasteiger partial charge in [0.05, 0.1) is 6.04 Å². The zero-order valence-corrected chi connectivity index (χ0v) is 14.0. The highest BCUT2D eigenvalue weighted by Crippen LogP contribution is 2.37. The van der Waals surface area contributed by atoms with Crippen LogP contribution in [0.15, 0.2) is 30.3 Å². The molecule has 4 rings (SSSR count). The van der Waals surface area contributed by atoms with Gasteiger partial charge < -0.3 is 10.1 Å². The van der Waals surface area contributed by atoms with Crippen LogP contribution >= 0.6 is 0 Å². The number of anilines is 1. The Bertz CT molecular complexity index is 888. The Balaban J connectivity index is 1.60. The molecule has 0 radical (unpaired) electrons. The van der Waals surface area contributed by atoms with E-state index in [0.29, 0.717) is 5.65 Å². The first-order chi connectivity index (χ1) is 11.5. The maximum absolute atomic E-state index is 5.96. The molecule has 7 heteroatoms. The summed E-state index contributed by atoms with van der Waals surface area (Å²) in [5.41, 5.74) is 3.01. The fourth-order valence-corrected chi connectivity index (χ4v) is 3.17. The third kappa shape index (κ3) is 2.66. The number of tetrazole rings is 1. The van der Waals surface area contributed by atoms with Gasteiger partial charge in [-0.1, -0.05) is 13.0 Å². The van der Waals surface area contributed by atoms with Crippen LogP contribution in [0.5, 0.6) is 5.75 Å². The summed E-state index contributed by atoms with van der Waals surface area (Å²) in [6, 6.07) is 10.3. The lowest BCUT2D eigenvalue weighted by atomic mass is 9.97. The molecular formula is C17H20N6O. The maximum atomic E-state index is 5.96. The van der Waals surface area contributed by atoms with Gasteiger partial charge in [-0.3, -0.25) is 0 Å². The van der Waals surface area contributed by atoms with Gasteiger partial charge in [0.2, 0.25) is 0 Å². The van der Waals surface area contributed by atoms with Crippen molar-refractivity contribution in [1.82, 2.24) is 25.3 Å². The summed E-state index contributed by atoms with van der Waals surface area (Å²) in [6.07, 6.45) is 1.87.